The Morgan fingerprint density at radius 1 is 1.60 bits per heavy atom. The molecule has 1 aromatic heterocycles. The van der Waals surface area contributed by atoms with Crippen molar-refractivity contribution in [3.8, 4) is 5.75 Å². The van der Waals surface area contributed by atoms with E-state index in [1.165, 1.54) is 0 Å². The third-order valence-electron chi connectivity index (χ3n) is 1.96. The number of fused-ring (bicyclic) bond motifs is 1. The number of methoxy groups -OCH3 is 1. The first-order valence-electron chi connectivity index (χ1n) is 4.29. The van der Waals surface area contributed by atoms with Crippen LogP contribution in [-0.4, -0.2) is 23.2 Å². The number of alkyl halides is 1. The van der Waals surface area contributed by atoms with Gasteiger partial charge in [0.2, 0.25) is 5.78 Å². The number of benzene rings is 1. The quantitative estimate of drug-likeness (QED) is 0.634. The van der Waals surface area contributed by atoms with Gasteiger partial charge in [-0.05, 0) is 12.1 Å². The molecule has 0 spiro atoms. The number of oxazole rings is 1. The summed E-state index contributed by atoms with van der Waals surface area (Å²) in [6.07, 6.45) is 0. The van der Waals surface area contributed by atoms with Gasteiger partial charge < -0.3 is 9.15 Å². The van der Waals surface area contributed by atoms with Crippen LogP contribution >= 0.6 is 15.9 Å². The summed E-state index contributed by atoms with van der Waals surface area (Å²) in [6.45, 7) is 0. The van der Waals surface area contributed by atoms with Gasteiger partial charge in [-0.3, -0.25) is 4.79 Å². The van der Waals surface area contributed by atoms with Gasteiger partial charge in [0, 0.05) is 0 Å². The van der Waals surface area contributed by atoms with Crippen LogP contribution in [0.5, 0.6) is 5.75 Å². The Balaban J connectivity index is 2.60. The zero-order chi connectivity index (χ0) is 10.8. The van der Waals surface area contributed by atoms with Gasteiger partial charge in [-0.15, -0.1) is 0 Å². The molecule has 5 heteroatoms. The minimum absolute atomic E-state index is 0.103. The molecule has 0 saturated heterocycles. The summed E-state index contributed by atoms with van der Waals surface area (Å²) in [7, 11) is 1.55. The summed E-state index contributed by atoms with van der Waals surface area (Å²) in [5.74, 6) is 0.518. The normalized spacial score (nSPS) is 10.5. The molecule has 1 aromatic carbocycles. The van der Waals surface area contributed by atoms with E-state index in [-0.39, 0.29) is 17.0 Å². The molecule has 78 valence electrons. The number of rotatable bonds is 3. The SMILES string of the molecule is COc1cccc2oc(C(=O)CBr)nc12. The zero-order valence-electron chi connectivity index (χ0n) is 7.99. The number of ketones is 1. The number of hydrogen-bond donors (Lipinski definition) is 0. The van der Waals surface area contributed by atoms with E-state index in [9.17, 15) is 4.79 Å². The topological polar surface area (TPSA) is 52.3 Å². The number of halogens is 1. The average Bonchev–Trinajstić information content (AvgIpc) is 2.71. The molecule has 0 aliphatic carbocycles. The van der Waals surface area contributed by atoms with Crippen LogP contribution in [0.4, 0.5) is 0 Å². The van der Waals surface area contributed by atoms with E-state index in [0.29, 0.717) is 16.8 Å². The Labute approximate surface area is 94.4 Å². The summed E-state index contributed by atoms with van der Waals surface area (Å²) in [5.41, 5.74) is 1.13. The van der Waals surface area contributed by atoms with Crippen LogP contribution in [0.3, 0.4) is 0 Å². The molecule has 0 fully saturated rings. The largest absolute Gasteiger partial charge is 0.494 e. The Bertz CT molecular complexity index is 506. The highest BCUT2D eigenvalue weighted by Gasteiger charge is 2.15. The van der Waals surface area contributed by atoms with Crippen molar-refractivity contribution in [1.29, 1.82) is 0 Å². The lowest BCUT2D eigenvalue weighted by molar-refractivity contribution is 0.0989. The molecule has 15 heavy (non-hydrogen) atoms. The maximum atomic E-state index is 11.3. The van der Waals surface area contributed by atoms with Crippen molar-refractivity contribution in [3.63, 3.8) is 0 Å². The predicted octanol–water partition coefficient (Wildman–Crippen LogP) is 2.41. The van der Waals surface area contributed by atoms with Crippen LogP contribution in [0.15, 0.2) is 22.6 Å². The molecule has 0 amide bonds. The van der Waals surface area contributed by atoms with Crippen LogP contribution in [0.25, 0.3) is 11.1 Å². The fraction of sp³-hybridized carbons (Fsp3) is 0.200. The van der Waals surface area contributed by atoms with Gasteiger partial charge in [-0.1, -0.05) is 22.0 Å². The molecule has 0 saturated carbocycles. The summed E-state index contributed by atoms with van der Waals surface area (Å²) < 4.78 is 10.4. The highest BCUT2D eigenvalue weighted by Crippen LogP contribution is 2.25. The second kappa shape index (κ2) is 4.02. The van der Waals surface area contributed by atoms with E-state index in [2.05, 4.69) is 20.9 Å². The van der Waals surface area contributed by atoms with Crippen molar-refractivity contribution in [3.05, 3.63) is 24.1 Å². The van der Waals surface area contributed by atoms with Crippen molar-refractivity contribution in [2.75, 3.05) is 12.4 Å². The fourth-order valence-electron chi connectivity index (χ4n) is 1.26. The van der Waals surface area contributed by atoms with Crippen LogP contribution in [0.1, 0.15) is 10.7 Å². The van der Waals surface area contributed by atoms with Crippen molar-refractivity contribution in [1.82, 2.24) is 4.98 Å². The number of aromatic nitrogens is 1. The Kier molecular flexibility index (Phi) is 2.73. The number of Topliss-reactive ketones (excluding diaryl/α,β-unsaturated/α-hetero) is 1. The molecule has 0 bridgehead atoms. The lowest BCUT2D eigenvalue weighted by Crippen LogP contribution is -1.99. The second-order valence-electron chi connectivity index (χ2n) is 2.88. The van der Waals surface area contributed by atoms with E-state index < -0.39 is 0 Å². The average molecular weight is 270 g/mol. The van der Waals surface area contributed by atoms with E-state index in [1.807, 2.05) is 0 Å². The van der Waals surface area contributed by atoms with E-state index in [0.717, 1.165) is 0 Å². The highest BCUT2D eigenvalue weighted by atomic mass is 79.9. The molecule has 4 nitrogen and oxygen atoms in total. The number of carbonyl (C=O) groups excluding carboxylic acids is 1. The third-order valence-corrected chi connectivity index (χ3v) is 2.47. The number of ether oxygens (including phenoxy) is 1. The van der Waals surface area contributed by atoms with Gasteiger partial charge >= 0.3 is 0 Å². The second-order valence-corrected chi connectivity index (χ2v) is 3.44. The Morgan fingerprint density at radius 2 is 2.40 bits per heavy atom. The van der Waals surface area contributed by atoms with Gasteiger partial charge in [-0.25, -0.2) is 4.98 Å². The maximum Gasteiger partial charge on any atom is 0.265 e. The first-order valence-corrected chi connectivity index (χ1v) is 5.41. The Morgan fingerprint density at radius 3 is 3.07 bits per heavy atom. The van der Waals surface area contributed by atoms with Gasteiger partial charge in [0.25, 0.3) is 5.89 Å². The molecule has 2 rings (SSSR count). The lowest BCUT2D eigenvalue weighted by Gasteiger charge is -1.96. The number of para-hydroxylation sites is 1. The number of nitrogens with zero attached hydrogens (tertiary/aromatic N) is 1. The molecule has 0 N–H and O–H groups in total. The first kappa shape index (κ1) is 10.2. The minimum atomic E-state index is -0.187. The lowest BCUT2D eigenvalue weighted by atomic mass is 10.3. The molecule has 0 aliphatic heterocycles. The molecule has 0 atom stereocenters. The Hall–Kier alpha value is -1.36. The number of carbonyl (C=O) groups is 1. The van der Waals surface area contributed by atoms with Crippen LogP contribution in [0, 0.1) is 0 Å². The molecule has 0 radical (unpaired) electrons. The van der Waals surface area contributed by atoms with Crippen LogP contribution in [-0.2, 0) is 0 Å². The smallest absolute Gasteiger partial charge is 0.265 e. The third kappa shape index (κ3) is 1.74. The van der Waals surface area contributed by atoms with Crippen molar-refractivity contribution >= 4 is 32.8 Å². The van der Waals surface area contributed by atoms with E-state index in [4.69, 9.17) is 9.15 Å². The predicted molar refractivity (Wildman–Crippen MR) is 58.7 cm³/mol. The summed E-state index contributed by atoms with van der Waals surface area (Å²) in [4.78, 5) is 15.4. The van der Waals surface area contributed by atoms with Crippen molar-refractivity contribution in [2.45, 2.75) is 0 Å². The standard InChI is InChI=1S/C10H8BrNO3/c1-14-7-3-2-4-8-9(7)12-10(15-8)6(13)5-11/h2-4H,5H2,1H3. The molecule has 0 unspecified atom stereocenters. The molecule has 2 aromatic rings. The number of hydrogen-bond acceptors (Lipinski definition) is 4. The van der Waals surface area contributed by atoms with Crippen molar-refractivity contribution < 1.29 is 13.9 Å². The van der Waals surface area contributed by atoms with E-state index >= 15 is 0 Å². The molecular weight excluding hydrogens is 262 g/mol. The minimum Gasteiger partial charge on any atom is -0.494 e. The summed E-state index contributed by atoms with van der Waals surface area (Å²) in [5, 5.41) is 0.197. The van der Waals surface area contributed by atoms with Crippen LogP contribution < -0.4 is 4.74 Å². The van der Waals surface area contributed by atoms with Gasteiger partial charge in [0.1, 0.15) is 5.75 Å². The summed E-state index contributed by atoms with van der Waals surface area (Å²) in [6, 6.07) is 5.30. The first-order chi connectivity index (χ1) is 7.26. The fourth-order valence-corrected chi connectivity index (χ4v) is 1.50. The zero-order valence-corrected chi connectivity index (χ0v) is 9.58. The maximum absolute atomic E-state index is 11.3. The highest BCUT2D eigenvalue weighted by molar-refractivity contribution is 9.09. The van der Waals surface area contributed by atoms with Crippen molar-refractivity contribution in [2.24, 2.45) is 0 Å². The van der Waals surface area contributed by atoms with Gasteiger partial charge in [0.15, 0.2) is 11.1 Å². The van der Waals surface area contributed by atoms with Crippen LogP contribution in [0.2, 0.25) is 0 Å². The summed E-state index contributed by atoms with van der Waals surface area (Å²) >= 11 is 3.06. The monoisotopic (exact) mass is 269 g/mol. The molecule has 0 aliphatic rings. The van der Waals surface area contributed by atoms with Gasteiger partial charge in [-0.2, -0.15) is 0 Å². The van der Waals surface area contributed by atoms with Gasteiger partial charge in [0.05, 0.1) is 12.4 Å². The van der Waals surface area contributed by atoms with E-state index in [1.54, 1.807) is 25.3 Å². The molecular formula is C10H8BrNO3. The molecule has 1 heterocycles.